The normalized spacial score (nSPS) is 39.9. The van der Waals surface area contributed by atoms with E-state index in [1.807, 2.05) is 6.08 Å². The zero-order valence-corrected chi connectivity index (χ0v) is 21.5. The van der Waals surface area contributed by atoms with Crippen molar-refractivity contribution >= 4 is 12.3 Å². The Bertz CT molecular complexity index is 800. The summed E-state index contributed by atoms with van der Waals surface area (Å²) >= 11 is 0. The molecule has 34 heavy (non-hydrogen) atoms. The van der Waals surface area contributed by atoms with Gasteiger partial charge < -0.3 is 10.6 Å². The van der Waals surface area contributed by atoms with E-state index in [9.17, 15) is 9.59 Å². The van der Waals surface area contributed by atoms with Crippen molar-refractivity contribution in [2.45, 2.75) is 110 Å². The summed E-state index contributed by atoms with van der Waals surface area (Å²) in [5, 5.41) is 5.26. The predicted octanol–water partition coefficient (Wildman–Crippen LogP) is 5.97. The minimum atomic E-state index is -0.504. The third-order valence-corrected chi connectivity index (χ3v) is 10.9. The first-order valence-electron chi connectivity index (χ1n) is 14.0. The van der Waals surface area contributed by atoms with Gasteiger partial charge in [-0.3, -0.25) is 9.59 Å². The first-order valence-corrected chi connectivity index (χ1v) is 14.0. The number of hydrogen-bond donors (Lipinski definition) is 2. The minimum Gasteiger partial charge on any atom is -0.338 e. The molecular formula is C30H46N2O2. The van der Waals surface area contributed by atoms with Gasteiger partial charge in [-0.25, -0.2) is 0 Å². The number of allylic oxidation sites excluding steroid dienone is 1. The number of fused-ring (bicyclic) bond motifs is 5. The maximum atomic E-state index is 12.1. The summed E-state index contributed by atoms with van der Waals surface area (Å²) in [4.78, 5) is 22.7. The Morgan fingerprint density at radius 2 is 1.88 bits per heavy atom. The first-order chi connectivity index (χ1) is 16.4. The lowest BCUT2D eigenvalue weighted by atomic mass is 9.45. The van der Waals surface area contributed by atoms with E-state index in [4.69, 9.17) is 6.42 Å². The van der Waals surface area contributed by atoms with Gasteiger partial charge in [0.25, 0.3) is 0 Å². The highest BCUT2D eigenvalue weighted by molar-refractivity contribution is 5.87. The Morgan fingerprint density at radius 3 is 2.68 bits per heavy atom. The highest BCUT2D eigenvalue weighted by Gasteiger charge is 2.59. The zero-order chi connectivity index (χ0) is 24.2. The van der Waals surface area contributed by atoms with Crippen molar-refractivity contribution in [2.24, 2.45) is 40.4 Å². The topological polar surface area (TPSA) is 58.2 Å². The molecule has 2 N–H and O–H groups in total. The van der Waals surface area contributed by atoms with E-state index < -0.39 is 6.17 Å². The monoisotopic (exact) mass is 466 g/mol. The van der Waals surface area contributed by atoms with Crippen LogP contribution in [0, 0.1) is 52.8 Å². The van der Waals surface area contributed by atoms with Crippen molar-refractivity contribution in [1.82, 2.24) is 10.6 Å². The van der Waals surface area contributed by atoms with Crippen LogP contribution < -0.4 is 10.6 Å². The maximum absolute atomic E-state index is 12.1. The summed E-state index contributed by atoms with van der Waals surface area (Å²) in [6.45, 7) is 5.31. The second-order valence-electron chi connectivity index (χ2n) is 12.3. The van der Waals surface area contributed by atoms with Gasteiger partial charge in [-0.05, 0) is 117 Å². The van der Waals surface area contributed by atoms with Gasteiger partial charge in [0.15, 0.2) is 0 Å². The van der Waals surface area contributed by atoms with Crippen molar-refractivity contribution in [3.8, 4) is 12.3 Å². The fraction of sp³-hybridized carbons (Fsp3) is 0.800. The molecule has 4 heteroatoms. The molecule has 0 aromatic heterocycles. The summed E-state index contributed by atoms with van der Waals surface area (Å²) in [5.74, 6) is 7.01. The summed E-state index contributed by atoms with van der Waals surface area (Å²) in [5.41, 5.74) is 1.16. The van der Waals surface area contributed by atoms with E-state index in [0.717, 1.165) is 42.4 Å². The molecule has 0 saturated heterocycles. The summed E-state index contributed by atoms with van der Waals surface area (Å²) in [7, 11) is 0. The van der Waals surface area contributed by atoms with Crippen LogP contribution in [0.25, 0.3) is 0 Å². The highest BCUT2D eigenvalue weighted by atomic mass is 16.2. The zero-order valence-electron chi connectivity index (χ0n) is 21.5. The van der Waals surface area contributed by atoms with E-state index in [1.54, 1.807) is 6.08 Å². The molecule has 4 fully saturated rings. The number of amides is 2. The number of carbonyl (C=O) groups excluding carboxylic acids is 2. The average Bonchev–Trinajstić information content (AvgIpc) is 3.15. The fourth-order valence-electron chi connectivity index (χ4n) is 9.12. The molecule has 188 valence electrons. The van der Waals surface area contributed by atoms with Crippen LogP contribution in [0.3, 0.4) is 0 Å². The molecule has 8 atom stereocenters. The van der Waals surface area contributed by atoms with Crippen molar-refractivity contribution in [3.63, 3.8) is 0 Å². The number of nitrogens with one attached hydrogen (secondary N) is 2. The number of hydrogen-bond acceptors (Lipinski definition) is 2. The van der Waals surface area contributed by atoms with E-state index in [1.165, 1.54) is 70.6 Å². The van der Waals surface area contributed by atoms with Crippen LogP contribution in [-0.2, 0) is 9.59 Å². The second kappa shape index (κ2) is 10.9. The van der Waals surface area contributed by atoms with Crippen LogP contribution in [0.1, 0.15) is 104 Å². The lowest BCUT2D eigenvalue weighted by Gasteiger charge is -2.60. The molecule has 4 rings (SSSR count). The largest absolute Gasteiger partial charge is 0.338 e. The molecule has 0 radical (unpaired) electrons. The van der Waals surface area contributed by atoms with Gasteiger partial charge in [0.05, 0.1) is 0 Å². The average molecular weight is 467 g/mol. The number of terminal acetylenes is 1. The molecule has 0 aromatic rings. The van der Waals surface area contributed by atoms with Crippen LogP contribution in [-0.4, -0.2) is 18.5 Å². The third kappa shape index (κ3) is 4.95. The highest BCUT2D eigenvalue weighted by Crippen LogP contribution is 2.67. The molecule has 0 spiro atoms. The Kier molecular flexibility index (Phi) is 8.11. The Morgan fingerprint density at radius 1 is 1.06 bits per heavy atom. The molecular weight excluding hydrogens is 420 g/mol. The van der Waals surface area contributed by atoms with Crippen LogP contribution in [0.2, 0.25) is 0 Å². The lowest BCUT2D eigenvalue weighted by molar-refractivity contribution is -0.117. The van der Waals surface area contributed by atoms with Crippen molar-refractivity contribution in [1.29, 1.82) is 0 Å². The van der Waals surface area contributed by atoms with Crippen LogP contribution in [0.15, 0.2) is 12.2 Å². The van der Waals surface area contributed by atoms with Crippen LogP contribution >= 0.6 is 0 Å². The van der Waals surface area contributed by atoms with Gasteiger partial charge >= 0.3 is 0 Å². The van der Waals surface area contributed by atoms with Crippen molar-refractivity contribution in [2.75, 3.05) is 0 Å². The van der Waals surface area contributed by atoms with Crippen LogP contribution in [0.4, 0.5) is 0 Å². The molecule has 0 aliphatic heterocycles. The molecule has 4 aliphatic rings. The molecule has 2 amide bonds. The molecule has 0 bridgehead atoms. The lowest BCUT2D eigenvalue weighted by Crippen LogP contribution is -2.52. The standard InChI is InChI=1S/C30H46N2O2/c1-4-10-27(31-21-33)32-28(34)13-7-5-6-11-23-15-17-25-24-16-14-22-12-8-9-19-29(22,2)26(24)18-20-30(23,25)3/h1,7,13,21-27H,5-6,8-12,14-20H2,2-3H3,(H,31,33)(H,32,34)/b13-7+. The molecule has 4 nitrogen and oxygen atoms in total. The molecule has 0 aromatic carbocycles. The number of carbonyl (C=O) groups is 2. The van der Waals surface area contributed by atoms with E-state index >= 15 is 0 Å². The summed E-state index contributed by atoms with van der Waals surface area (Å²) in [6.07, 6.45) is 27.2. The molecule has 8 unspecified atom stereocenters. The maximum Gasteiger partial charge on any atom is 0.245 e. The summed E-state index contributed by atoms with van der Waals surface area (Å²) in [6, 6.07) is 0. The Labute approximate surface area is 207 Å². The van der Waals surface area contributed by atoms with Gasteiger partial charge in [-0.2, -0.15) is 0 Å². The Balaban J connectivity index is 1.27. The van der Waals surface area contributed by atoms with Gasteiger partial charge in [0, 0.05) is 6.42 Å². The predicted molar refractivity (Wildman–Crippen MR) is 137 cm³/mol. The molecule has 4 saturated carbocycles. The number of unbranched alkanes of at least 4 members (excludes halogenated alkanes) is 1. The fourth-order valence-corrected chi connectivity index (χ4v) is 9.12. The van der Waals surface area contributed by atoms with Gasteiger partial charge in [0.2, 0.25) is 12.3 Å². The SMILES string of the molecule is C#CCC(NC=O)NC(=O)/C=C/CCCC1CCC2C3CCC4CCCCC4(C)C3CCC12C. The van der Waals surface area contributed by atoms with Gasteiger partial charge in [0.1, 0.15) is 6.17 Å². The van der Waals surface area contributed by atoms with E-state index in [0.29, 0.717) is 17.2 Å². The Hall–Kier alpha value is -1.76. The van der Waals surface area contributed by atoms with Crippen molar-refractivity contribution < 1.29 is 9.59 Å². The van der Waals surface area contributed by atoms with E-state index in [2.05, 4.69) is 30.4 Å². The molecule has 0 heterocycles. The second-order valence-corrected chi connectivity index (χ2v) is 12.3. The van der Waals surface area contributed by atoms with Gasteiger partial charge in [-0.1, -0.05) is 32.8 Å². The third-order valence-electron chi connectivity index (χ3n) is 10.9. The summed E-state index contributed by atoms with van der Waals surface area (Å²) < 4.78 is 0. The smallest absolute Gasteiger partial charge is 0.245 e. The van der Waals surface area contributed by atoms with Crippen molar-refractivity contribution in [3.05, 3.63) is 12.2 Å². The van der Waals surface area contributed by atoms with Gasteiger partial charge in [-0.15, -0.1) is 12.3 Å². The minimum absolute atomic E-state index is 0.201. The number of rotatable bonds is 9. The quantitative estimate of drug-likeness (QED) is 0.144. The van der Waals surface area contributed by atoms with Crippen LogP contribution in [0.5, 0.6) is 0 Å². The molecule has 4 aliphatic carbocycles. The first kappa shape index (κ1) is 25.3. The van der Waals surface area contributed by atoms with E-state index in [-0.39, 0.29) is 12.3 Å².